The topological polar surface area (TPSA) is 60.9 Å². The van der Waals surface area contributed by atoms with Gasteiger partial charge in [0.15, 0.2) is 0 Å². The van der Waals surface area contributed by atoms with Crippen LogP contribution in [0.25, 0.3) is 0 Å². The Hall–Kier alpha value is -0.920. The van der Waals surface area contributed by atoms with Crippen molar-refractivity contribution in [1.82, 2.24) is 9.80 Å². The molecule has 1 saturated heterocycles. The van der Waals surface area contributed by atoms with Gasteiger partial charge in [-0.3, -0.25) is 14.5 Å². The predicted octanol–water partition coefficient (Wildman–Crippen LogP) is 1.88. The van der Waals surface area contributed by atoms with E-state index < -0.39 is 5.97 Å². The fraction of sp³-hybridized carbons (Fsp3) is 0.538. The van der Waals surface area contributed by atoms with Gasteiger partial charge in [-0.15, -0.1) is 11.3 Å². The third kappa shape index (κ3) is 4.04. The number of rotatable bonds is 5. The van der Waals surface area contributed by atoms with E-state index in [-0.39, 0.29) is 11.8 Å². The first-order chi connectivity index (χ1) is 9.45. The zero-order valence-corrected chi connectivity index (χ0v) is 13.6. The lowest BCUT2D eigenvalue weighted by Crippen LogP contribution is -2.37. The van der Waals surface area contributed by atoms with Crippen LogP contribution in [0.3, 0.4) is 0 Å². The predicted molar refractivity (Wildman–Crippen MR) is 80.7 cm³/mol. The molecule has 5 nitrogen and oxygen atoms in total. The second-order valence-corrected chi connectivity index (χ2v) is 6.95. The Kier molecular flexibility index (Phi) is 5.17. The zero-order valence-electron chi connectivity index (χ0n) is 11.2. The van der Waals surface area contributed by atoms with Gasteiger partial charge in [0.05, 0.1) is 19.0 Å². The highest BCUT2D eigenvalue weighted by atomic mass is 79.9. The van der Waals surface area contributed by atoms with Gasteiger partial charge >= 0.3 is 5.97 Å². The molecule has 2 rings (SSSR count). The van der Waals surface area contributed by atoms with Gasteiger partial charge in [-0.05, 0) is 35.0 Å². The molecular weight excluding hydrogens is 344 g/mol. The monoisotopic (exact) mass is 360 g/mol. The molecule has 1 atom stereocenters. The van der Waals surface area contributed by atoms with Crippen LogP contribution < -0.4 is 0 Å². The number of carbonyl (C=O) groups excluding carboxylic acids is 1. The van der Waals surface area contributed by atoms with Crippen LogP contribution in [0.15, 0.2) is 15.9 Å². The zero-order chi connectivity index (χ0) is 14.7. The minimum atomic E-state index is -0.767. The Balaban J connectivity index is 1.81. The molecule has 1 aromatic rings. The van der Waals surface area contributed by atoms with E-state index in [1.54, 1.807) is 23.3 Å². The van der Waals surface area contributed by atoms with E-state index in [2.05, 4.69) is 15.9 Å². The van der Waals surface area contributed by atoms with Gasteiger partial charge in [0.1, 0.15) is 0 Å². The summed E-state index contributed by atoms with van der Waals surface area (Å²) in [4.78, 5) is 27.7. The number of nitrogens with zero attached hydrogens (tertiary/aromatic N) is 2. The summed E-state index contributed by atoms with van der Waals surface area (Å²) < 4.78 is 1.03. The van der Waals surface area contributed by atoms with Crippen molar-refractivity contribution in [3.8, 4) is 0 Å². The van der Waals surface area contributed by atoms with E-state index >= 15 is 0 Å². The summed E-state index contributed by atoms with van der Waals surface area (Å²) in [6.45, 7) is 2.04. The number of aliphatic carboxylic acids is 1. The molecule has 1 fully saturated rings. The Bertz CT molecular complexity index is 506. The van der Waals surface area contributed by atoms with Crippen molar-refractivity contribution in [3.05, 3.63) is 20.8 Å². The molecule has 0 radical (unpaired) electrons. The second-order valence-electron chi connectivity index (χ2n) is 5.04. The van der Waals surface area contributed by atoms with Gasteiger partial charge in [-0.2, -0.15) is 0 Å². The Morgan fingerprint density at radius 1 is 1.60 bits per heavy atom. The summed E-state index contributed by atoms with van der Waals surface area (Å²) in [5.74, 6) is -1.07. The number of thiophene rings is 1. The fourth-order valence-corrected chi connectivity index (χ4v) is 3.75. The largest absolute Gasteiger partial charge is 0.481 e. The van der Waals surface area contributed by atoms with Crippen molar-refractivity contribution in [3.63, 3.8) is 0 Å². The minimum absolute atomic E-state index is 0.0283. The average molecular weight is 361 g/mol. The number of likely N-dealkylation sites (tertiary alicyclic amines) is 1. The number of carbonyl (C=O) groups is 2. The van der Waals surface area contributed by atoms with E-state index in [1.807, 2.05) is 16.3 Å². The molecule has 0 saturated carbocycles. The van der Waals surface area contributed by atoms with E-state index in [0.717, 1.165) is 9.35 Å². The number of hydrogen-bond donors (Lipinski definition) is 1. The maximum absolute atomic E-state index is 12.1. The first-order valence-electron chi connectivity index (χ1n) is 6.37. The molecule has 7 heteroatoms. The summed E-state index contributed by atoms with van der Waals surface area (Å²) >= 11 is 5.00. The summed E-state index contributed by atoms with van der Waals surface area (Å²) in [6.07, 6.45) is 0.629. The number of carboxylic acid groups (broad SMARTS) is 1. The molecule has 0 aliphatic carbocycles. The highest BCUT2D eigenvalue weighted by Crippen LogP contribution is 2.21. The number of halogens is 1. The van der Waals surface area contributed by atoms with Crippen molar-refractivity contribution in [2.24, 2.45) is 5.92 Å². The van der Waals surface area contributed by atoms with E-state index in [0.29, 0.717) is 32.6 Å². The molecule has 0 spiro atoms. The van der Waals surface area contributed by atoms with Crippen LogP contribution in [0.4, 0.5) is 0 Å². The Labute approximate surface area is 130 Å². The van der Waals surface area contributed by atoms with Crippen LogP contribution in [-0.4, -0.2) is 53.5 Å². The van der Waals surface area contributed by atoms with Gasteiger partial charge in [0.2, 0.25) is 5.91 Å². The number of hydrogen-bond acceptors (Lipinski definition) is 4. The molecule has 1 aromatic heterocycles. The molecule has 0 bridgehead atoms. The standard InChI is InChI=1S/C13H17BrN2O3S/c1-15(6-11-4-10(14)8-20-11)12(17)7-16-3-2-9(5-16)13(18)19/h4,8-9H,2-3,5-7H2,1H3,(H,18,19). The third-order valence-electron chi connectivity index (χ3n) is 3.42. The van der Waals surface area contributed by atoms with Gasteiger partial charge < -0.3 is 10.0 Å². The maximum Gasteiger partial charge on any atom is 0.307 e. The molecule has 110 valence electrons. The summed E-state index contributed by atoms with van der Waals surface area (Å²) in [5, 5.41) is 10.9. The average Bonchev–Trinajstić information content (AvgIpc) is 2.98. The van der Waals surface area contributed by atoms with Crippen molar-refractivity contribution in [1.29, 1.82) is 0 Å². The van der Waals surface area contributed by atoms with Crippen molar-refractivity contribution in [2.45, 2.75) is 13.0 Å². The second kappa shape index (κ2) is 6.69. The van der Waals surface area contributed by atoms with Crippen LogP contribution in [0.1, 0.15) is 11.3 Å². The molecule has 20 heavy (non-hydrogen) atoms. The highest BCUT2D eigenvalue weighted by Gasteiger charge is 2.29. The van der Waals surface area contributed by atoms with Gasteiger partial charge in [0, 0.05) is 28.3 Å². The summed E-state index contributed by atoms with van der Waals surface area (Å²) in [7, 11) is 1.78. The lowest BCUT2D eigenvalue weighted by Gasteiger charge is -2.20. The highest BCUT2D eigenvalue weighted by molar-refractivity contribution is 9.10. The lowest BCUT2D eigenvalue weighted by molar-refractivity contribution is -0.141. The van der Waals surface area contributed by atoms with E-state index in [4.69, 9.17) is 5.11 Å². The van der Waals surface area contributed by atoms with Crippen molar-refractivity contribution >= 4 is 39.1 Å². The number of carboxylic acids is 1. The number of likely N-dealkylation sites (N-methyl/N-ethyl adjacent to an activating group) is 1. The molecule has 0 aromatic carbocycles. The van der Waals surface area contributed by atoms with E-state index in [1.165, 1.54) is 0 Å². The van der Waals surface area contributed by atoms with E-state index in [9.17, 15) is 9.59 Å². The molecule has 1 aliphatic rings. The maximum atomic E-state index is 12.1. The lowest BCUT2D eigenvalue weighted by atomic mass is 10.1. The van der Waals surface area contributed by atoms with Gasteiger partial charge in [-0.1, -0.05) is 0 Å². The Morgan fingerprint density at radius 2 is 2.35 bits per heavy atom. The third-order valence-corrected chi connectivity index (χ3v) is 5.10. The van der Waals surface area contributed by atoms with Crippen LogP contribution in [0.5, 0.6) is 0 Å². The molecule has 1 amide bonds. The van der Waals surface area contributed by atoms with Gasteiger partial charge in [-0.25, -0.2) is 0 Å². The molecular formula is C13H17BrN2O3S. The normalized spacial score (nSPS) is 19.2. The smallest absolute Gasteiger partial charge is 0.307 e. The quantitative estimate of drug-likeness (QED) is 0.870. The Morgan fingerprint density at radius 3 is 2.90 bits per heavy atom. The molecule has 1 N–H and O–H groups in total. The van der Waals surface area contributed by atoms with Crippen LogP contribution in [0, 0.1) is 5.92 Å². The molecule has 1 unspecified atom stereocenters. The van der Waals surface area contributed by atoms with Crippen molar-refractivity contribution in [2.75, 3.05) is 26.7 Å². The number of amides is 1. The first kappa shape index (κ1) is 15.5. The van der Waals surface area contributed by atoms with Gasteiger partial charge in [0.25, 0.3) is 0 Å². The van der Waals surface area contributed by atoms with Crippen LogP contribution in [-0.2, 0) is 16.1 Å². The summed E-state index contributed by atoms with van der Waals surface area (Å²) in [5.41, 5.74) is 0. The molecule has 1 aliphatic heterocycles. The fourth-order valence-electron chi connectivity index (χ4n) is 2.25. The molecule has 2 heterocycles. The van der Waals surface area contributed by atoms with Crippen LogP contribution in [0.2, 0.25) is 0 Å². The summed E-state index contributed by atoms with van der Waals surface area (Å²) in [6, 6.07) is 2.00. The first-order valence-corrected chi connectivity index (χ1v) is 8.05. The van der Waals surface area contributed by atoms with Crippen molar-refractivity contribution < 1.29 is 14.7 Å². The minimum Gasteiger partial charge on any atom is -0.481 e. The van der Waals surface area contributed by atoms with Crippen LogP contribution >= 0.6 is 27.3 Å². The SMILES string of the molecule is CN(Cc1cc(Br)cs1)C(=O)CN1CCC(C(=O)O)C1.